The van der Waals surface area contributed by atoms with Crippen LogP contribution in [0.5, 0.6) is 0 Å². The Morgan fingerprint density at radius 1 is 0.688 bits per heavy atom. The standard InChI is InChI=1S/2C19H28N4O/c2*1-4-7-17(22-11-6-8-14(3)13-22)18-21-16-9-10-20-12-15(16)19(24)23(18)5-2/h2*9-10,12,14,17H,4-8,11,13H2,1-3H3/t14-,17+;14-,17-/m00/s1. The molecule has 0 spiro atoms. The number of rotatable bonds is 10. The predicted molar refractivity (Wildman–Crippen MR) is 194 cm³/mol. The lowest BCUT2D eigenvalue weighted by atomic mass is 9.97. The maximum absolute atomic E-state index is 12.9. The van der Waals surface area contributed by atoms with Crippen molar-refractivity contribution in [2.75, 3.05) is 26.2 Å². The van der Waals surface area contributed by atoms with Crippen LogP contribution in [-0.4, -0.2) is 65.0 Å². The second-order valence-corrected chi connectivity index (χ2v) is 13.9. The molecule has 0 aromatic carbocycles. The summed E-state index contributed by atoms with van der Waals surface area (Å²) >= 11 is 0. The quantitative estimate of drug-likeness (QED) is 0.184. The molecule has 0 unspecified atom stereocenters. The minimum Gasteiger partial charge on any atom is -0.295 e. The topological polar surface area (TPSA) is 102 Å². The van der Waals surface area contributed by atoms with E-state index in [0.29, 0.717) is 35.7 Å². The highest BCUT2D eigenvalue weighted by molar-refractivity contribution is 5.76. The molecule has 4 aromatic rings. The average Bonchev–Trinajstić information content (AvgIpc) is 3.10. The highest BCUT2D eigenvalue weighted by Crippen LogP contribution is 2.31. The first-order valence-corrected chi connectivity index (χ1v) is 18.5. The van der Waals surface area contributed by atoms with E-state index in [1.54, 1.807) is 24.8 Å². The minimum atomic E-state index is 0.0387. The second kappa shape index (κ2) is 16.7. The summed E-state index contributed by atoms with van der Waals surface area (Å²) in [5.74, 6) is 3.28. The fourth-order valence-corrected chi connectivity index (χ4v) is 7.80. The Labute approximate surface area is 285 Å². The molecule has 0 N–H and O–H groups in total. The van der Waals surface area contributed by atoms with E-state index in [1.807, 2.05) is 35.1 Å². The zero-order valence-corrected chi connectivity index (χ0v) is 30.1. The Kier molecular flexibility index (Phi) is 12.5. The molecule has 48 heavy (non-hydrogen) atoms. The first-order chi connectivity index (χ1) is 23.3. The van der Waals surface area contributed by atoms with Crippen molar-refractivity contribution < 1.29 is 0 Å². The van der Waals surface area contributed by atoms with Crippen molar-refractivity contribution in [3.63, 3.8) is 0 Å². The zero-order valence-electron chi connectivity index (χ0n) is 30.1. The number of pyridine rings is 2. The average molecular weight is 657 g/mol. The number of likely N-dealkylation sites (tertiary alicyclic amines) is 2. The summed E-state index contributed by atoms with van der Waals surface area (Å²) in [5, 5.41) is 1.23. The van der Waals surface area contributed by atoms with Gasteiger partial charge in [0.15, 0.2) is 0 Å². The van der Waals surface area contributed by atoms with Gasteiger partial charge in [-0.1, -0.05) is 40.5 Å². The van der Waals surface area contributed by atoms with Crippen LogP contribution in [0.4, 0.5) is 0 Å². The molecular weight excluding hydrogens is 600 g/mol. The van der Waals surface area contributed by atoms with Crippen LogP contribution in [0.2, 0.25) is 0 Å². The van der Waals surface area contributed by atoms with Gasteiger partial charge in [0.2, 0.25) is 0 Å². The van der Waals surface area contributed by atoms with Gasteiger partial charge in [-0.05, 0) is 89.4 Å². The summed E-state index contributed by atoms with van der Waals surface area (Å²) in [5.41, 5.74) is 1.61. The van der Waals surface area contributed by atoms with Crippen LogP contribution in [-0.2, 0) is 13.1 Å². The Balaban J connectivity index is 0.000000188. The van der Waals surface area contributed by atoms with E-state index < -0.39 is 0 Å². The minimum absolute atomic E-state index is 0.0387. The van der Waals surface area contributed by atoms with E-state index in [2.05, 4.69) is 47.5 Å². The number of hydrogen-bond donors (Lipinski definition) is 0. The zero-order chi connectivity index (χ0) is 34.2. The molecule has 0 aliphatic carbocycles. The summed E-state index contributed by atoms with van der Waals surface area (Å²) < 4.78 is 3.70. The molecule has 4 atom stereocenters. The summed E-state index contributed by atoms with van der Waals surface area (Å²) in [6.45, 7) is 18.8. The van der Waals surface area contributed by atoms with Crippen molar-refractivity contribution in [1.29, 1.82) is 0 Å². The molecule has 10 nitrogen and oxygen atoms in total. The molecule has 2 aliphatic heterocycles. The van der Waals surface area contributed by atoms with Crippen LogP contribution in [0.15, 0.2) is 46.5 Å². The van der Waals surface area contributed by atoms with Gasteiger partial charge in [0.1, 0.15) is 11.6 Å². The van der Waals surface area contributed by atoms with Crippen molar-refractivity contribution in [2.24, 2.45) is 11.8 Å². The first kappa shape index (κ1) is 35.8. The van der Waals surface area contributed by atoms with Crippen LogP contribution >= 0.6 is 0 Å². The largest absolute Gasteiger partial charge is 0.295 e. The number of piperidine rings is 2. The number of nitrogens with zero attached hydrogens (tertiary/aromatic N) is 8. The van der Waals surface area contributed by atoms with Crippen molar-refractivity contribution in [3.05, 3.63) is 69.3 Å². The van der Waals surface area contributed by atoms with Crippen LogP contribution in [0.3, 0.4) is 0 Å². The van der Waals surface area contributed by atoms with E-state index in [9.17, 15) is 9.59 Å². The molecule has 0 amide bonds. The van der Waals surface area contributed by atoms with Crippen molar-refractivity contribution >= 4 is 21.8 Å². The molecule has 4 aromatic heterocycles. The van der Waals surface area contributed by atoms with Gasteiger partial charge in [0.05, 0.1) is 33.9 Å². The molecular formula is C38H56N8O2. The Morgan fingerprint density at radius 3 is 1.46 bits per heavy atom. The van der Waals surface area contributed by atoms with E-state index in [-0.39, 0.29) is 23.2 Å². The Bertz CT molecular complexity index is 1640. The number of aromatic nitrogens is 6. The first-order valence-electron chi connectivity index (χ1n) is 18.5. The van der Waals surface area contributed by atoms with Gasteiger partial charge < -0.3 is 0 Å². The van der Waals surface area contributed by atoms with E-state index >= 15 is 0 Å². The fourth-order valence-electron chi connectivity index (χ4n) is 7.80. The van der Waals surface area contributed by atoms with Crippen LogP contribution in [0.1, 0.15) is 117 Å². The van der Waals surface area contributed by atoms with Crippen LogP contribution in [0, 0.1) is 11.8 Å². The summed E-state index contributed by atoms with van der Waals surface area (Å²) in [6, 6.07) is 4.15. The lowest BCUT2D eigenvalue weighted by molar-refractivity contribution is 0.115. The predicted octanol–water partition coefficient (Wildman–Crippen LogP) is 6.77. The summed E-state index contributed by atoms with van der Waals surface area (Å²) in [4.78, 5) is 48.9. The molecule has 6 rings (SSSR count). The van der Waals surface area contributed by atoms with Gasteiger partial charge in [-0.15, -0.1) is 0 Å². The molecule has 6 heterocycles. The maximum atomic E-state index is 12.9. The lowest BCUT2D eigenvalue weighted by Crippen LogP contribution is -2.40. The Morgan fingerprint density at radius 2 is 1.10 bits per heavy atom. The normalized spacial score (nSPS) is 20.4. The van der Waals surface area contributed by atoms with E-state index in [1.165, 1.54) is 25.7 Å². The summed E-state index contributed by atoms with van der Waals surface area (Å²) in [6.07, 6.45) is 16.0. The van der Waals surface area contributed by atoms with Crippen molar-refractivity contribution in [3.8, 4) is 0 Å². The van der Waals surface area contributed by atoms with Crippen molar-refractivity contribution in [2.45, 2.75) is 118 Å². The molecule has 0 radical (unpaired) electrons. The van der Waals surface area contributed by atoms with Gasteiger partial charge in [-0.2, -0.15) is 0 Å². The van der Waals surface area contributed by atoms with Crippen molar-refractivity contribution in [1.82, 2.24) is 38.9 Å². The Hall–Kier alpha value is -3.50. The highest BCUT2D eigenvalue weighted by atomic mass is 16.1. The monoisotopic (exact) mass is 656 g/mol. The molecule has 2 fully saturated rings. The maximum Gasteiger partial charge on any atom is 0.262 e. The smallest absolute Gasteiger partial charge is 0.262 e. The third-order valence-electron chi connectivity index (χ3n) is 10.2. The number of hydrogen-bond acceptors (Lipinski definition) is 8. The van der Waals surface area contributed by atoms with Crippen LogP contribution in [0.25, 0.3) is 21.8 Å². The van der Waals surface area contributed by atoms with Gasteiger partial charge in [0.25, 0.3) is 11.1 Å². The molecule has 2 aliphatic rings. The summed E-state index contributed by atoms with van der Waals surface area (Å²) in [7, 11) is 0. The highest BCUT2D eigenvalue weighted by Gasteiger charge is 2.30. The fraction of sp³-hybridized carbons (Fsp3) is 0.632. The third-order valence-corrected chi connectivity index (χ3v) is 10.2. The van der Waals surface area contributed by atoms with E-state index in [4.69, 9.17) is 9.97 Å². The molecule has 0 saturated carbocycles. The molecule has 260 valence electrons. The van der Waals surface area contributed by atoms with E-state index in [0.717, 1.165) is 74.5 Å². The van der Waals surface area contributed by atoms with Crippen LogP contribution < -0.4 is 11.1 Å². The molecule has 2 saturated heterocycles. The number of fused-ring (bicyclic) bond motifs is 2. The molecule has 10 heteroatoms. The SMILES string of the molecule is CCC[C@@H](c1nc2ccncc2c(=O)n1CC)N1CCC[C@H](C)C1.CCC[C@H](c1nc2ccncc2c(=O)n1CC)N1CCC[C@H](C)C1. The molecule has 0 bridgehead atoms. The van der Waals surface area contributed by atoms with Gasteiger partial charge >= 0.3 is 0 Å². The van der Waals surface area contributed by atoms with Gasteiger partial charge in [-0.25, -0.2) is 9.97 Å². The van der Waals surface area contributed by atoms with Gasteiger partial charge in [0, 0.05) is 51.0 Å². The second-order valence-electron chi connectivity index (χ2n) is 13.9. The van der Waals surface area contributed by atoms with Gasteiger partial charge in [-0.3, -0.25) is 38.5 Å². The lowest BCUT2D eigenvalue weighted by Gasteiger charge is -2.37. The third kappa shape index (κ3) is 7.86.